The first kappa shape index (κ1) is 21.1. The van der Waals surface area contributed by atoms with Gasteiger partial charge in [0.05, 0.1) is 11.8 Å². The van der Waals surface area contributed by atoms with E-state index in [4.69, 9.17) is 20.9 Å². The summed E-state index contributed by atoms with van der Waals surface area (Å²) in [7, 11) is 0. The first-order valence-corrected chi connectivity index (χ1v) is 8.88. The van der Waals surface area contributed by atoms with Gasteiger partial charge >= 0.3 is 6.09 Å². The number of aromatic nitrogens is 2. The third kappa shape index (κ3) is 5.41. The number of benzene rings is 1. The number of nitriles is 1. The summed E-state index contributed by atoms with van der Waals surface area (Å²) < 4.78 is 10.7. The van der Waals surface area contributed by atoms with Gasteiger partial charge in [-0.2, -0.15) is 10.4 Å². The second-order valence-electron chi connectivity index (χ2n) is 7.47. The maximum absolute atomic E-state index is 11.0. The standard InChI is InChI=1S/C20H25N5O3/c1-12(2)8-20(4,23)11-27-17-6-5-14(7-15(17)9-21)16-10-24-25-18(13(16)3)28-19(22)26/h5-7,10,12H,8,11,23H2,1-4H3,(H2,22,26). The molecule has 2 rings (SSSR count). The number of ether oxygens (including phenoxy) is 2. The van der Waals surface area contributed by atoms with Crippen LogP contribution in [0.25, 0.3) is 11.1 Å². The molecule has 1 atom stereocenters. The molecule has 0 spiro atoms. The molecule has 0 fully saturated rings. The molecule has 0 aliphatic rings. The molecule has 1 amide bonds. The Morgan fingerprint density at radius 1 is 1.39 bits per heavy atom. The van der Waals surface area contributed by atoms with E-state index in [1.165, 1.54) is 6.20 Å². The second kappa shape index (κ2) is 8.67. The number of amides is 1. The zero-order valence-electron chi connectivity index (χ0n) is 16.5. The fourth-order valence-corrected chi connectivity index (χ4v) is 3.05. The molecule has 8 nitrogen and oxygen atoms in total. The van der Waals surface area contributed by atoms with E-state index in [1.54, 1.807) is 25.1 Å². The molecular weight excluding hydrogens is 358 g/mol. The minimum Gasteiger partial charge on any atom is -0.490 e. The molecular formula is C20H25N5O3. The van der Waals surface area contributed by atoms with Crippen molar-refractivity contribution in [3.63, 3.8) is 0 Å². The molecule has 8 heteroatoms. The van der Waals surface area contributed by atoms with Gasteiger partial charge in [0.15, 0.2) is 0 Å². The molecule has 0 saturated carbocycles. The molecule has 1 aromatic heterocycles. The van der Waals surface area contributed by atoms with Gasteiger partial charge in [0.1, 0.15) is 18.4 Å². The van der Waals surface area contributed by atoms with Gasteiger partial charge in [-0.25, -0.2) is 4.79 Å². The number of nitrogens with two attached hydrogens (primary N) is 2. The smallest absolute Gasteiger partial charge is 0.411 e. The van der Waals surface area contributed by atoms with Crippen LogP contribution in [0.3, 0.4) is 0 Å². The van der Waals surface area contributed by atoms with Crippen molar-refractivity contribution in [1.82, 2.24) is 10.2 Å². The van der Waals surface area contributed by atoms with Gasteiger partial charge in [-0.05, 0) is 43.9 Å². The SMILES string of the molecule is Cc1c(-c2ccc(OCC(C)(N)CC(C)C)c(C#N)c2)cnnc1OC(N)=O. The molecule has 0 saturated heterocycles. The Labute approximate surface area is 164 Å². The molecule has 1 aromatic carbocycles. The van der Waals surface area contributed by atoms with Crippen LogP contribution in [-0.4, -0.2) is 28.4 Å². The molecule has 0 aliphatic carbocycles. The molecule has 1 unspecified atom stereocenters. The molecule has 2 aromatic rings. The molecule has 0 bridgehead atoms. The number of hydrogen-bond donors (Lipinski definition) is 2. The number of carbonyl (C=O) groups is 1. The monoisotopic (exact) mass is 383 g/mol. The van der Waals surface area contributed by atoms with Crippen LogP contribution in [0, 0.1) is 24.2 Å². The Morgan fingerprint density at radius 2 is 2.11 bits per heavy atom. The molecule has 4 N–H and O–H groups in total. The van der Waals surface area contributed by atoms with E-state index in [0.717, 1.165) is 6.42 Å². The Balaban J connectivity index is 2.29. The van der Waals surface area contributed by atoms with E-state index < -0.39 is 11.6 Å². The highest BCUT2D eigenvalue weighted by Gasteiger charge is 2.22. The summed E-state index contributed by atoms with van der Waals surface area (Å²) in [5.41, 5.74) is 13.2. The molecule has 0 radical (unpaired) electrons. The Hall–Kier alpha value is -3.18. The fraction of sp³-hybridized carbons (Fsp3) is 0.400. The predicted octanol–water partition coefficient (Wildman–Crippen LogP) is 2.92. The second-order valence-corrected chi connectivity index (χ2v) is 7.47. The van der Waals surface area contributed by atoms with Crippen molar-refractivity contribution >= 4 is 6.09 Å². The fourth-order valence-electron chi connectivity index (χ4n) is 3.05. The molecule has 1 heterocycles. The van der Waals surface area contributed by atoms with Crippen LogP contribution in [0.2, 0.25) is 0 Å². The van der Waals surface area contributed by atoms with Gasteiger partial charge in [0.2, 0.25) is 5.88 Å². The first-order chi connectivity index (χ1) is 13.1. The van der Waals surface area contributed by atoms with Gasteiger partial charge in [0, 0.05) is 16.7 Å². The first-order valence-electron chi connectivity index (χ1n) is 8.88. The lowest BCUT2D eigenvalue weighted by Gasteiger charge is -2.26. The lowest BCUT2D eigenvalue weighted by atomic mass is 9.93. The highest BCUT2D eigenvalue weighted by molar-refractivity contribution is 5.73. The lowest BCUT2D eigenvalue weighted by molar-refractivity contribution is 0.206. The highest BCUT2D eigenvalue weighted by atomic mass is 16.6. The topological polar surface area (TPSA) is 137 Å². The van der Waals surface area contributed by atoms with E-state index in [1.807, 2.05) is 6.92 Å². The molecule has 0 aliphatic heterocycles. The highest BCUT2D eigenvalue weighted by Crippen LogP contribution is 2.31. The van der Waals surface area contributed by atoms with Crippen molar-refractivity contribution in [2.24, 2.45) is 17.4 Å². The summed E-state index contributed by atoms with van der Waals surface area (Å²) >= 11 is 0. The average Bonchev–Trinajstić information content (AvgIpc) is 2.60. The lowest BCUT2D eigenvalue weighted by Crippen LogP contribution is -2.43. The van der Waals surface area contributed by atoms with Crippen molar-refractivity contribution in [1.29, 1.82) is 5.26 Å². The predicted molar refractivity (Wildman–Crippen MR) is 105 cm³/mol. The van der Waals surface area contributed by atoms with Crippen LogP contribution in [0.4, 0.5) is 4.79 Å². The third-order valence-electron chi connectivity index (χ3n) is 4.10. The van der Waals surface area contributed by atoms with Crippen molar-refractivity contribution < 1.29 is 14.3 Å². The summed E-state index contributed by atoms with van der Waals surface area (Å²) in [6.07, 6.45) is 1.36. The number of rotatable bonds is 7. The van der Waals surface area contributed by atoms with Crippen LogP contribution in [0.15, 0.2) is 24.4 Å². The van der Waals surface area contributed by atoms with Gasteiger partial charge in [-0.1, -0.05) is 19.9 Å². The molecule has 148 valence electrons. The normalized spacial score (nSPS) is 12.9. The minimum absolute atomic E-state index is 0.0245. The average molecular weight is 383 g/mol. The van der Waals surface area contributed by atoms with Gasteiger partial charge in [0.25, 0.3) is 0 Å². The number of carbonyl (C=O) groups excluding carboxylic acids is 1. The van der Waals surface area contributed by atoms with Crippen LogP contribution < -0.4 is 20.9 Å². The third-order valence-corrected chi connectivity index (χ3v) is 4.10. The van der Waals surface area contributed by atoms with Crippen LogP contribution in [-0.2, 0) is 0 Å². The zero-order chi connectivity index (χ0) is 20.9. The van der Waals surface area contributed by atoms with Crippen LogP contribution in [0.5, 0.6) is 11.6 Å². The quantitative estimate of drug-likeness (QED) is 0.749. The van der Waals surface area contributed by atoms with Gasteiger partial charge in [-0.3, -0.25) is 0 Å². The Kier molecular flexibility index (Phi) is 6.54. The van der Waals surface area contributed by atoms with Crippen molar-refractivity contribution in [2.75, 3.05) is 6.61 Å². The van der Waals surface area contributed by atoms with Crippen LogP contribution >= 0.6 is 0 Å². The van der Waals surface area contributed by atoms with Crippen molar-refractivity contribution in [2.45, 2.75) is 39.7 Å². The van der Waals surface area contributed by atoms with Crippen molar-refractivity contribution in [3.8, 4) is 28.8 Å². The largest absolute Gasteiger partial charge is 0.490 e. The summed E-state index contributed by atoms with van der Waals surface area (Å²) in [6.45, 7) is 8.15. The number of hydrogen-bond acceptors (Lipinski definition) is 7. The Bertz CT molecular complexity index is 903. The van der Waals surface area contributed by atoms with E-state index >= 15 is 0 Å². The summed E-state index contributed by atoms with van der Waals surface area (Å²) in [5, 5.41) is 17.1. The maximum atomic E-state index is 11.0. The minimum atomic E-state index is -0.970. The summed E-state index contributed by atoms with van der Waals surface area (Å²) in [4.78, 5) is 11.0. The Morgan fingerprint density at radius 3 is 2.71 bits per heavy atom. The summed E-state index contributed by atoms with van der Waals surface area (Å²) in [5.74, 6) is 0.923. The van der Waals surface area contributed by atoms with E-state index in [2.05, 4.69) is 30.1 Å². The van der Waals surface area contributed by atoms with Gasteiger partial charge < -0.3 is 20.9 Å². The van der Waals surface area contributed by atoms with Gasteiger partial charge in [-0.15, -0.1) is 5.10 Å². The zero-order valence-corrected chi connectivity index (χ0v) is 16.5. The van der Waals surface area contributed by atoms with Crippen molar-refractivity contribution in [3.05, 3.63) is 35.5 Å². The number of primary amides is 1. The van der Waals surface area contributed by atoms with Crippen LogP contribution in [0.1, 0.15) is 38.3 Å². The van der Waals surface area contributed by atoms with E-state index in [0.29, 0.717) is 40.5 Å². The molecule has 28 heavy (non-hydrogen) atoms. The maximum Gasteiger partial charge on any atom is 0.411 e. The van der Waals surface area contributed by atoms with E-state index in [9.17, 15) is 10.1 Å². The number of nitrogens with zero attached hydrogens (tertiary/aromatic N) is 3. The summed E-state index contributed by atoms with van der Waals surface area (Å²) in [6, 6.07) is 7.34. The van der Waals surface area contributed by atoms with E-state index in [-0.39, 0.29) is 5.88 Å².